The molecule has 0 aliphatic carbocycles. The Labute approximate surface area is 93.8 Å². The van der Waals surface area contributed by atoms with Crippen LogP contribution in [0.2, 0.25) is 0 Å². The molecule has 1 aromatic rings. The van der Waals surface area contributed by atoms with Crippen LogP contribution in [-0.2, 0) is 0 Å². The van der Waals surface area contributed by atoms with Crippen molar-refractivity contribution in [1.82, 2.24) is 0 Å². The van der Waals surface area contributed by atoms with Crippen molar-refractivity contribution in [2.75, 3.05) is 20.8 Å². The number of nitrogens with two attached hydrogens (primary N) is 1. The number of methoxy groups -OCH3 is 2. The molecule has 1 atom stereocenters. The van der Waals surface area contributed by atoms with Gasteiger partial charge in [-0.1, -0.05) is 0 Å². The largest absolute Gasteiger partial charge is 0.497 e. The van der Waals surface area contributed by atoms with E-state index in [9.17, 15) is 4.79 Å². The third-order valence-corrected chi connectivity index (χ3v) is 2.21. The van der Waals surface area contributed by atoms with Gasteiger partial charge < -0.3 is 20.3 Å². The first-order chi connectivity index (χ1) is 7.63. The van der Waals surface area contributed by atoms with Gasteiger partial charge in [0.05, 0.1) is 32.4 Å². The van der Waals surface area contributed by atoms with E-state index in [4.69, 9.17) is 20.3 Å². The lowest BCUT2D eigenvalue weighted by Gasteiger charge is -2.12. The lowest BCUT2D eigenvalue weighted by molar-refractivity contribution is 0.0922. The summed E-state index contributed by atoms with van der Waals surface area (Å²) >= 11 is 0. The maximum atomic E-state index is 11.8. The molecule has 16 heavy (non-hydrogen) atoms. The molecule has 0 radical (unpaired) electrons. The van der Waals surface area contributed by atoms with Crippen molar-refractivity contribution in [3.63, 3.8) is 0 Å². The average molecular weight is 225 g/mol. The molecule has 88 valence electrons. The number of carbonyl (C=O) groups is 1. The number of hydrogen-bond donors (Lipinski definition) is 2. The number of aliphatic hydroxyl groups excluding tert-OH is 1. The molecule has 0 spiro atoms. The highest BCUT2D eigenvalue weighted by Gasteiger charge is 2.19. The maximum Gasteiger partial charge on any atom is 0.185 e. The summed E-state index contributed by atoms with van der Waals surface area (Å²) in [5.74, 6) is 0.572. The van der Waals surface area contributed by atoms with E-state index in [2.05, 4.69) is 0 Å². The van der Waals surface area contributed by atoms with Crippen molar-refractivity contribution in [1.29, 1.82) is 0 Å². The highest BCUT2D eigenvalue weighted by molar-refractivity contribution is 6.02. The fraction of sp³-hybridized carbons (Fsp3) is 0.364. The van der Waals surface area contributed by atoms with E-state index in [1.54, 1.807) is 12.1 Å². The predicted molar refractivity (Wildman–Crippen MR) is 58.9 cm³/mol. The molecule has 0 aromatic heterocycles. The van der Waals surface area contributed by atoms with Crippen LogP contribution in [0.25, 0.3) is 0 Å². The Bertz CT molecular complexity index is 378. The second-order valence-corrected chi connectivity index (χ2v) is 3.22. The smallest absolute Gasteiger partial charge is 0.185 e. The molecule has 0 aliphatic heterocycles. The summed E-state index contributed by atoms with van der Waals surface area (Å²) in [6.07, 6.45) is 0. The molecule has 0 bridgehead atoms. The molecule has 0 saturated carbocycles. The number of Topliss-reactive ketones (excluding diaryl/α,β-unsaturated/α-hetero) is 1. The molecular formula is C11H15NO4. The van der Waals surface area contributed by atoms with Gasteiger partial charge >= 0.3 is 0 Å². The molecule has 0 amide bonds. The molecule has 5 heteroatoms. The summed E-state index contributed by atoms with van der Waals surface area (Å²) in [4.78, 5) is 11.8. The minimum absolute atomic E-state index is 0.309. The van der Waals surface area contributed by atoms with Crippen LogP contribution in [0.5, 0.6) is 11.5 Å². The summed E-state index contributed by atoms with van der Waals surface area (Å²) in [5, 5.41) is 8.84. The minimum Gasteiger partial charge on any atom is -0.497 e. The number of ketones is 1. The zero-order chi connectivity index (χ0) is 12.1. The van der Waals surface area contributed by atoms with Crippen molar-refractivity contribution in [3.05, 3.63) is 23.8 Å². The second-order valence-electron chi connectivity index (χ2n) is 3.22. The number of ether oxygens (including phenoxy) is 2. The summed E-state index contributed by atoms with van der Waals surface area (Å²) in [6, 6.07) is 3.90. The Morgan fingerprint density at radius 2 is 2.12 bits per heavy atom. The molecule has 3 N–H and O–H groups in total. The quantitative estimate of drug-likeness (QED) is 0.700. The van der Waals surface area contributed by atoms with Gasteiger partial charge in [-0.25, -0.2) is 0 Å². The molecule has 1 rings (SSSR count). The summed E-state index contributed by atoms with van der Waals surface area (Å²) in [6.45, 7) is -0.404. The van der Waals surface area contributed by atoms with E-state index in [0.717, 1.165) is 0 Å². The molecule has 0 fully saturated rings. The number of aliphatic hydroxyl groups is 1. The van der Waals surface area contributed by atoms with Gasteiger partial charge in [0.1, 0.15) is 11.5 Å². The number of rotatable bonds is 5. The van der Waals surface area contributed by atoms with Gasteiger partial charge in [0, 0.05) is 0 Å². The molecule has 5 nitrogen and oxygen atoms in total. The zero-order valence-corrected chi connectivity index (χ0v) is 9.27. The topological polar surface area (TPSA) is 81.8 Å². The van der Waals surface area contributed by atoms with Crippen molar-refractivity contribution in [2.45, 2.75) is 6.04 Å². The van der Waals surface area contributed by atoms with Crippen LogP contribution in [0, 0.1) is 0 Å². The van der Waals surface area contributed by atoms with Crippen molar-refractivity contribution in [2.24, 2.45) is 5.73 Å². The van der Waals surface area contributed by atoms with Gasteiger partial charge in [-0.15, -0.1) is 0 Å². The van der Waals surface area contributed by atoms with E-state index in [-0.39, 0.29) is 5.78 Å². The lowest BCUT2D eigenvalue weighted by Crippen LogP contribution is -2.34. The third-order valence-electron chi connectivity index (χ3n) is 2.21. The van der Waals surface area contributed by atoms with Crippen molar-refractivity contribution >= 4 is 5.78 Å². The van der Waals surface area contributed by atoms with E-state index in [1.807, 2.05) is 0 Å². The fourth-order valence-corrected chi connectivity index (χ4v) is 1.29. The normalized spacial score (nSPS) is 12.0. The van der Waals surface area contributed by atoms with Crippen LogP contribution >= 0.6 is 0 Å². The molecular weight excluding hydrogens is 210 g/mol. The van der Waals surface area contributed by atoms with Crippen LogP contribution in [-0.4, -0.2) is 37.8 Å². The highest BCUT2D eigenvalue weighted by Crippen LogP contribution is 2.24. The number of benzene rings is 1. The number of carbonyl (C=O) groups excluding carboxylic acids is 1. The monoisotopic (exact) mass is 225 g/mol. The first-order valence-electron chi connectivity index (χ1n) is 4.76. The van der Waals surface area contributed by atoms with E-state index in [1.165, 1.54) is 20.3 Å². The van der Waals surface area contributed by atoms with Crippen molar-refractivity contribution in [3.8, 4) is 11.5 Å². The standard InChI is InChI=1S/C11H15NO4/c1-15-7-3-4-10(16-2)8(5-7)11(14)9(12)6-13/h3-5,9,13H,6,12H2,1-2H3. The van der Waals surface area contributed by atoms with Crippen molar-refractivity contribution < 1.29 is 19.4 Å². The Balaban J connectivity index is 3.13. The first kappa shape index (κ1) is 12.5. The van der Waals surface area contributed by atoms with Gasteiger partial charge in [-0.3, -0.25) is 4.79 Å². The van der Waals surface area contributed by atoms with Crippen LogP contribution in [0.15, 0.2) is 18.2 Å². The summed E-state index contributed by atoms with van der Waals surface area (Å²) in [5.41, 5.74) is 5.78. The van der Waals surface area contributed by atoms with Gasteiger partial charge in [0.15, 0.2) is 5.78 Å². The summed E-state index contributed by atoms with van der Waals surface area (Å²) < 4.78 is 10.1. The predicted octanol–water partition coefficient (Wildman–Crippen LogP) is 0.206. The lowest BCUT2D eigenvalue weighted by atomic mass is 10.0. The molecule has 0 heterocycles. The molecule has 0 saturated heterocycles. The van der Waals surface area contributed by atoms with Gasteiger partial charge in [0.25, 0.3) is 0 Å². The van der Waals surface area contributed by atoms with E-state index >= 15 is 0 Å². The molecule has 0 aliphatic rings. The Morgan fingerprint density at radius 3 is 2.62 bits per heavy atom. The molecule has 1 aromatic carbocycles. The maximum absolute atomic E-state index is 11.8. The zero-order valence-electron chi connectivity index (χ0n) is 9.27. The third kappa shape index (κ3) is 2.50. The Hall–Kier alpha value is -1.59. The fourth-order valence-electron chi connectivity index (χ4n) is 1.29. The van der Waals surface area contributed by atoms with Gasteiger partial charge in [-0.05, 0) is 18.2 Å². The van der Waals surface area contributed by atoms with Crippen LogP contribution < -0.4 is 15.2 Å². The van der Waals surface area contributed by atoms with E-state index in [0.29, 0.717) is 17.1 Å². The first-order valence-corrected chi connectivity index (χ1v) is 4.76. The Kier molecular flexibility index (Phi) is 4.28. The minimum atomic E-state index is -0.944. The molecule has 1 unspecified atom stereocenters. The van der Waals surface area contributed by atoms with Gasteiger partial charge in [0.2, 0.25) is 0 Å². The average Bonchev–Trinajstić information content (AvgIpc) is 2.35. The van der Waals surface area contributed by atoms with E-state index < -0.39 is 12.6 Å². The summed E-state index contributed by atoms with van der Waals surface area (Å²) in [7, 11) is 2.96. The Morgan fingerprint density at radius 1 is 1.44 bits per heavy atom. The van der Waals surface area contributed by atoms with Gasteiger partial charge in [-0.2, -0.15) is 0 Å². The SMILES string of the molecule is COc1ccc(OC)c(C(=O)C(N)CO)c1. The second kappa shape index (κ2) is 5.48. The number of hydrogen-bond acceptors (Lipinski definition) is 5. The van der Waals surface area contributed by atoms with Crippen LogP contribution in [0.4, 0.5) is 0 Å². The van der Waals surface area contributed by atoms with Crippen LogP contribution in [0.1, 0.15) is 10.4 Å². The highest BCUT2D eigenvalue weighted by atomic mass is 16.5. The van der Waals surface area contributed by atoms with Crippen LogP contribution in [0.3, 0.4) is 0 Å².